The van der Waals surface area contributed by atoms with Crippen LogP contribution < -0.4 is 4.74 Å². The number of thiocarbonyl (C=S) groups is 1. The Balaban J connectivity index is 1.59. The SMILES string of the molecule is S=C(c1ccc(OCc2ccc(Cl)c(Cl)c2)cc1)N1CCCCC1. The summed E-state index contributed by atoms with van der Waals surface area (Å²) in [5, 5.41) is 1.09. The number of rotatable bonds is 4. The highest BCUT2D eigenvalue weighted by molar-refractivity contribution is 7.80. The van der Waals surface area contributed by atoms with E-state index in [1.807, 2.05) is 36.4 Å². The minimum Gasteiger partial charge on any atom is -0.489 e. The first-order chi connectivity index (χ1) is 11.6. The van der Waals surface area contributed by atoms with E-state index in [9.17, 15) is 0 Å². The maximum absolute atomic E-state index is 6.02. The summed E-state index contributed by atoms with van der Waals surface area (Å²) < 4.78 is 5.81. The van der Waals surface area contributed by atoms with Crippen LogP contribution in [0.15, 0.2) is 42.5 Å². The molecule has 0 bridgehead atoms. The van der Waals surface area contributed by atoms with Gasteiger partial charge in [0.05, 0.1) is 10.0 Å². The summed E-state index contributed by atoms with van der Waals surface area (Å²) in [4.78, 5) is 3.23. The van der Waals surface area contributed by atoms with Gasteiger partial charge in [0.25, 0.3) is 0 Å². The number of nitrogens with zero attached hydrogens (tertiary/aromatic N) is 1. The second-order valence-corrected chi connectivity index (χ2v) is 7.12. The molecule has 1 aliphatic heterocycles. The van der Waals surface area contributed by atoms with Crippen LogP contribution in [-0.4, -0.2) is 23.0 Å². The molecule has 2 aromatic rings. The van der Waals surface area contributed by atoms with Gasteiger partial charge in [-0.1, -0.05) is 41.5 Å². The second-order valence-electron chi connectivity index (χ2n) is 5.91. The number of ether oxygens (including phenoxy) is 1. The lowest BCUT2D eigenvalue weighted by Crippen LogP contribution is -2.34. The lowest BCUT2D eigenvalue weighted by Gasteiger charge is -2.29. The standard InChI is InChI=1S/C19H19Cl2NOS/c20-17-9-4-14(12-18(17)21)13-23-16-7-5-15(6-8-16)19(24)22-10-2-1-3-11-22/h4-9,12H,1-3,10-11,13H2. The number of likely N-dealkylation sites (tertiary alicyclic amines) is 1. The largest absolute Gasteiger partial charge is 0.489 e. The summed E-state index contributed by atoms with van der Waals surface area (Å²) >= 11 is 17.5. The molecule has 0 unspecified atom stereocenters. The van der Waals surface area contributed by atoms with E-state index >= 15 is 0 Å². The summed E-state index contributed by atoms with van der Waals surface area (Å²) in [5.74, 6) is 0.811. The van der Waals surface area contributed by atoms with Crippen LogP contribution in [0.2, 0.25) is 10.0 Å². The minimum atomic E-state index is 0.451. The number of halogens is 2. The molecule has 1 heterocycles. The molecule has 1 saturated heterocycles. The molecule has 3 rings (SSSR count). The summed E-state index contributed by atoms with van der Waals surface area (Å²) in [6, 6.07) is 13.5. The van der Waals surface area contributed by atoms with Crippen LogP contribution >= 0.6 is 35.4 Å². The van der Waals surface area contributed by atoms with Crippen LogP contribution in [0, 0.1) is 0 Å². The lowest BCUT2D eigenvalue weighted by atomic mass is 10.1. The van der Waals surface area contributed by atoms with E-state index in [1.54, 1.807) is 6.07 Å². The van der Waals surface area contributed by atoms with Crippen molar-refractivity contribution in [2.75, 3.05) is 13.1 Å². The molecule has 1 aliphatic rings. The van der Waals surface area contributed by atoms with Gasteiger partial charge >= 0.3 is 0 Å². The van der Waals surface area contributed by atoms with Crippen molar-refractivity contribution in [3.8, 4) is 5.75 Å². The highest BCUT2D eigenvalue weighted by Gasteiger charge is 2.14. The van der Waals surface area contributed by atoms with E-state index in [1.165, 1.54) is 19.3 Å². The third-order valence-corrected chi connectivity index (χ3v) is 5.37. The molecular formula is C19H19Cl2NOS. The number of hydrogen-bond acceptors (Lipinski definition) is 2. The molecule has 0 radical (unpaired) electrons. The summed E-state index contributed by atoms with van der Waals surface area (Å²) in [6.07, 6.45) is 3.76. The van der Waals surface area contributed by atoms with Gasteiger partial charge in [0.1, 0.15) is 17.3 Å². The van der Waals surface area contributed by atoms with Crippen molar-refractivity contribution in [1.29, 1.82) is 0 Å². The van der Waals surface area contributed by atoms with Gasteiger partial charge in [-0.05, 0) is 61.2 Å². The van der Waals surface area contributed by atoms with Crippen molar-refractivity contribution in [3.05, 3.63) is 63.6 Å². The van der Waals surface area contributed by atoms with Gasteiger partial charge in [-0.25, -0.2) is 0 Å². The first kappa shape index (κ1) is 17.5. The third-order valence-electron chi connectivity index (χ3n) is 4.13. The Kier molecular flexibility index (Phi) is 5.99. The molecule has 126 valence electrons. The Hall–Kier alpha value is -1.29. The molecule has 0 aliphatic carbocycles. The first-order valence-electron chi connectivity index (χ1n) is 8.09. The van der Waals surface area contributed by atoms with Gasteiger partial charge in [0, 0.05) is 18.7 Å². The monoisotopic (exact) mass is 379 g/mol. The Morgan fingerprint density at radius 2 is 1.67 bits per heavy atom. The molecule has 0 amide bonds. The fourth-order valence-electron chi connectivity index (χ4n) is 2.77. The highest BCUT2D eigenvalue weighted by atomic mass is 35.5. The Morgan fingerprint density at radius 1 is 0.958 bits per heavy atom. The zero-order valence-corrected chi connectivity index (χ0v) is 15.6. The van der Waals surface area contributed by atoms with E-state index in [4.69, 9.17) is 40.2 Å². The Labute approximate surface area is 158 Å². The summed E-state index contributed by atoms with van der Waals surface area (Å²) in [5.41, 5.74) is 2.06. The normalized spacial score (nSPS) is 14.5. The number of hydrogen-bond donors (Lipinski definition) is 0. The average molecular weight is 380 g/mol. The van der Waals surface area contributed by atoms with Crippen LogP contribution in [0.4, 0.5) is 0 Å². The van der Waals surface area contributed by atoms with Gasteiger partial charge in [-0.3, -0.25) is 0 Å². The number of piperidine rings is 1. The number of benzene rings is 2. The zero-order chi connectivity index (χ0) is 16.9. The van der Waals surface area contributed by atoms with Crippen molar-refractivity contribution in [2.45, 2.75) is 25.9 Å². The summed E-state index contributed by atoms with van der Waals surface area (Å²) in [7, 11) is 0. The van der Waals surface area contributed by atoms with Gasteiger partial charge in [0.2, 0.25) is 0 Å². The topological polar surface area (TPSA) is 12.5 Å². The van der Waals surface area contributed by atoms with E-state index in [2.05, 4.69) is 4.90 Å². The molecule has 0 N–H and O–H groups in total. The fraction of sp³-hybridized carbons (Fsp3) is 0.316. The Bertz CT molecular complexity index is 712. The average Bonchev–Trinajstić information content (AvgIpc) is 2.63. The van der Waals surface area contributed by atoms with Crippen molar-refractivity contribution >= 4 is 40.4 Å². The van der Waals surface area contributed by atoms with Gasteiger partial charge in [-0.2, -0.15) is 0 Å². The first-order valence-corrected chi connectivity index (χ1v) is 9.26. The fourth-order valence-corrected chi connectivity index (χ4v) is 3.41. The molecule has 0 aromatic heterocycles. The molecule has 0 atom stereocenters. The molecule has 24 heavy (non-hydrogen) atoms. The van der Waals surface area contributed by atoms with Crippen molar-refractivity contribution in [1.82, 2.24) is 4.90 Å². The van der Waals surface area contributed by atoms with Crippen LogP contribution in [0.5, 0.6) is 5.75 Å². The van der Waals surface area contributed by atoms with Gasteiger partial charge in [-0.15, -0.1) is 0 Å². The highest BCUT2D eigenvalue weighted by Crippen LogP contribution is 2.24. The van der Waals surface area contributed by atoms with E-state index < -0.39 is 0 Å². The van der Waals surface area contributed by atoms with Crippen LogP contribution in [0.3, 0.4) is 0 Å². The maximum atomic E-state index is 6.02. The van der Waals surface area contributed by atoms with Gasteiger partial charge in [0.15, 0.2) is 0 Å². The van der Waals surface area contributed by atoms with Crippen molar-refractivity contribution in [2.24, 2.45) is 0 Å². The van der Waals surface area contributed by atoms with E-state index in [0.717, 1.165) is 35.0 Å². The molecule has 0 saturated carbocycles. The molecule has 0 spiro atoms. The van der Waals surface area contributed by atoms with Gasteiger partial charge < -0.3 is 9.64 Å². The molecular weight excluding hydrogens is 361 g/mol. The molecule has 1 fully saturated rings. The van der Waals surface area contributed by atoms with E-state index in [0.29, 0.717) is 16.7 Å². The van der Waals surface area contributed by atoms with Crippen molar-refractivity contribution in [3.63, 3.8) is 0 Å². The van der Waals surface area contributed by atoms with E-state index in [-0.39, 0.29) is 0 Å². The maximum Gasteiger partial charge on any atom is 0.119 e. The van der Waals surface area contributed by atoms with Crippen LogP contribution in [0.1, 0.15) is 30.4 Å². The third kappa shape index (κ3) is 4.41. The quantitative estimate of drug-likeness (QED) is 0.628. The second kappa shape index (κ2) is 8.19. The molecule has 5 heteroatoms. The summed E-state index contributed by atoms with van der Waals surface area (Å²) in [6.45, 7) is 2.58. The predicted octanol–water partition coefficient (Wildman–Crippen LogP) is 5.73. The molecule has 2 nitrogen and oxygen atoms in total. The van der Waals surface area contributed by atoms with Crippen LogP contribution in [-0.2, 0) is 6.61 Å². The predicted molar refractivity (Wildman–Crippen MR) is 104 cm³/mol. The minimum absolute atomic E-state index is 0.451. The lowest BCUT2D eigenvalue weighted by molar-refractivity contribution is 0.306. The van der Waals surface area contributed by atoms with Crippen LogP contribution in [0.25, 0.3) is 0 Å². The van der Waals surface area contributed by atoms with Crippen molar-refractivity contribution < 1.29 is 4.74 Å². The Morgan fingerprint density at radius 3 is 2.33 bits per heavy atom. The zero-order valence-electron chi connectivity index (χ0n) is 13.3. The smallest absolute Gasteiger partial charge is 0.119 e. The molecule has 2 aromatic carbocycles.